The summed E-state index contributed by atoms with van der Waals surface area (Å²) in [4.78, 5) is 0. The van der Waals surface area contributed by atoms with E-state index in [1.807, 2.05) is 13.0 Å². The van der Waals surface area contributed by atoms with Gasteiger partial charge in [-0.3, -0.25) is 0 Å². The average Bonchev–Trinajstić information content (AvgIpc) is 2.32. The summed E-state index contributed by atoms with van der Waals surface area (Å²) < 4.78 is 2.21. The minimum absolute atomic E-state index is 0.395. The van der Waals surface area contributed by atoms with Crippen molar-refractivity contribution < 1.29 is 9.67 Å². The highest BCUT2D eigenvalue weighted by atomic mass is 16.3. The van der Waals surface area contributed by atoms with Crippen LogP contribution < -0.4 is 4.57 Å². The summed E-state index contributed by atoms with van der Waals surface area (Å²) in [6.07, 6.45) is 4.28. The summed E-state index contributed by atoms with van der Waals surface area (Å²) >= 11 is 0. The van der Waals surface area contributed by atoms with Crippen LogP contribution in [0.5, 0.6) is 5.75 Å². The zero-order chi connectivity index (χ0) is 13.4. The number of hydrogen-bond acceptors (Lipinski definition) is 1. The van der Waals surface area contributed by atoms with Crippen LogP contribution in [0.25, 0.3) is 10.8 Å². The third-order valence-electron chi connectivity index (χ3n) is 3.50. The van der Waals surface area contributed by atoms with Gasteiger partial charge in [0.1, 0.15) is 5.75 Å². The summed E-state index contributed by atoms with van der Waals surface area (Å²) in [6.45, 7) is 10.6. The molecule has 0 aliphatic carbocycles. The SMILES string of the molecule is Cc1ccc2c[n+](C(C)C)cc(C(C)C)c2c1O. The van der Waals surface area contributed by atoms with Gasteiger partial charge >= 0.3 is 0 Å². The van der Waals surface area contributed by atoms with E-state index in [9.17, 15) is 5.11 Å². The summed E-state index contributed by atoms with van der Waals surface area (Å²) in [5.41, 5.74) is 2.15. The zero-order valence-corrected chi connectivity index (χ0v) is 11.9. The number of rotatable bonds is 2. The number of fused-ring (bicyclic) bond motifs is 1. The van der Waals surface area contributed by atoms with E-state index in [0.29, 0.717) is 17.7 Å². The fraction of sp³-hybridized carbons (Fsp3) is 0.438. The van der Waals surface area contributed by atoms with Gasteiger partial charge in [-0.1, -0.05) is 19.9 Å². The number of aryl methyl sites for hydroxylation is 1. The van der Waals surface area contributed by atoms with E-state index >= 15 is 0 Å². The highest BCUT2D eigenvalue weighted by Crippen LogP contribution is 2.33. The van der Waals surface area contributed by atoms with Crippen molar-refractivity contribution in [1.29, 1.82) is 0 Å². The van der Waals surface area contributed by atoms with Crippen molar-refractivity contribution in [1.82, 2.24) is 0 Å². The molecular formula is C16H22NO+. The Balaban J connectivity index is 2.86. The Morgan fingerprint density at radius 3 is 2.28 bits per heavy atom. The predicted octanol–water partition coefficient (Wildman–Crippen LogP) is 3.85. The van der Waals surface area contributed by atoms with Gasteiger partial charge in [-0.05, 0) is 38.3 Å². The van der Waals surface area contributed by atoms with E-state index in [2.05, 4.69) is 50.7 Å². The van der Waals surface area contributed by atoms with Gasteiger partial charge in [0.15, 0.2) is 18.4 Å². The predicted molar refractivity (Wildman–Crippen MR) is 75.0 cm³/mol. The molecule has 2 heteroatoms. The number of aromatic nitrogens is 1. The van der Waals surface area contributed by atoms with Crippen LogP contribution in [-0.4, -0.2) is 5.11 Å². The van der Waals surface area contributed by atoms with Crippen LogP contribution >= 0.6 is 0 Å². The van der Waals surface area contributed by atoms with E-state index in [1.54, 1.807) is 0 Å². The number of aromatic hydroxyl groups is 1. The Kier molecular flexibility index (Phi) is 3.29. The zero-order valence-electron chi connectivity index (χ0n) is 11.9. The second-order valence-electron chi connectivity index (χ2n) is 5.60. The summed E-state index contributed by atoms with van der Waals surface area (Å²) in [5.74, 6) is 0.818. The van der Waals surface area contributed by atoms with E-state index in [0.717, 1.165) is 16.3 Å². The Labute approximate surface area is 109 Å². The van der Waals surface area contributed by atoms with E-state index in [4.69, 9.17) is 0 Å². The van der Waals surface area contributed by atoms with Crippen molar-refractivity contribution in [2.45, 2.75) is 46.6 Å². The molecule has 0 unspecified atom stereocenters. The standard InChI is InChI=1S/C16H21NO/c1-10(2)14-9-17(11(3)4)8-13-7-6-12(5)16(18)15(13)14/h6-11H,1-5H3/p+1. The molecule has 0 spiro atoms. The third kappa shape index (κ3) is 2.07. The number of nitrogens with zero attached hydrogens (tertiary/aromatic N) is 1. The van der Waals surface area contributed by atoms with Crippen LogP contribution in [0.2, 0.25) is 0 Å². The summed E-state index contributed by atoms with van der Waals surface area (Å²) in [6, 6.07) is 4.50. The molecule has 2 aromatic rings. The average molecular weight is 244 g/mol. The minimum atomic E-state index is 0.395. The number of phenols is 1. The Hall–Kier alpha value is -1.57. The van der Waals surface area contributed by atoms with Crippen LogP contribution in [-0.2, 0) is 0 Å². The molecule has 0 atom stereocenters. The van der Waals surface area contributed by atoms with Gasteiger partial charge in [0.05, 0.1) is 0 Å². The van der Waals surface area contributed by atoms with Gasteiger partial charge in [0.25, 0.3) is 0 Å². The highest BCUT2D eigenvalue weighted by Gasteiger charge is 2.18. The first kappa shape index (κ1) is 12.9. The first-order chi connectivity index (χ1) is 8.41. The molecule has 1 aromatic heterocycles. The van der Waals surface area contributed by atoms with Crippen LogP contribution in [0.15, 0.2) is 24.5 Å². The molecule has 0 saturated carbocycles. The molecule has 1 heterocycles. The monoisotopic (exact) mass is 244 g/mol. The second kappa shape index (κ2) is 4.60. The Morgan fingerprint density at radius 2 is 1.72 bits per heavy atom. The lowest BCUT2D eigenvalue weighted by Gasteiger charge is -2.13. The first-order valence-electron chi connectivity index (χ1n) is 6.58. The smallest absolute Gasteiger partial charge is 0.177 e. The van der Waals surface area contributed by atoms with Gasteiger partial charge in [0.2, 0.25) is 0 Å². The lowest BCUT2D eigenvalue weighted by atomic mass is 9.96. The van der Waals surface area contributed by atoms with Crippen LogP contribution in [0.4, 0.5) is 0 Å². The topological polar surface area (TPSA) is 24.1 Å². The second-order valence-corrected chi connectivity index (χ2v) is 5.60. The van der Waals surface area contributed by atoms with Gasteiger partial charge in [-0.15, -0.1) is 0 Å². The quantitative estimate of drug-likeness (QED) is 0.797. The molecule has 96 valence electrons. The van der Waals surface area contributed by atoms with Crippen molar-refractivity contribution in [3.8, 4) is 5.75 Å². The normalized spacial score (nSPS) is 11.7. The number of pyridine rings is 1. The Morgan fingerprint density at radius 1 is 1.06 bits per heavy atom. The number of benzene rings is 1. The molecule has 0 radical (unpaired) electrons. The molecule has 0 fully saturated rings. The first-order valence-corrected chi connectivity index (χ1v) is 6.58. The van der Waals surface area contributed by atoms with Gasteiger partial charge < -0.3 is 5.11 Å². The summed E-state index contributed by atoms with van der Waals surface area (Å²) in [5, 5.41) is 12.4. The van der Waals surface area contributed by atoms with Gasteiger partial charge in [-0.2, -0.15) is 0 Å². The lowest BCUT2D eigenvalue weighted by molar-refractivity contribution is -0.715. The maximum absolute atomic E-state index is 10.3. The van der Waals surface area contributed by atoms with Crippen molar-refractivity contribution in [3.05, 3.63) is 35.7 Å². The molecule has 0 saturated heterocycles. The molecular weight excluding hydrogens is 222 g/mol. The molecule has 1 N–H and O–H groups in total. The van der Waals surface area contributed by atoms with Gasteiger partial charge in [0, 0.05) is 16.3 Å². The van der Waals surface area contributed by atoms with Gasteiger partial charge in [-0.25, -0.2) is 4.57 Å². The van der Waals surface area contributed by atoms with Crippen molar-refractivity contribution >= 4 is 10.8 Å². The van der Waals surface area contributed by atoms with E-state index < -0.39 is 0 Å². The van der Waals surface area contributed by atoms with E-state index in [-0.39, 0.29) is 0 Å². The molecule has 2 nitrogen and oxygen atoms in total. The maximum Gasteiger partial charge on any atom is 0.177 e. The van der Waals surface area contributed by atoms with Crippen molar-refractivity contribution in [2.24, 2.45) is 0 Å². The van der Waals surface area contributed by atoms with E-state index in [1.165, 1.54) is 5.56 Å². The number of phenolic OH excluding ortho intramolecular Hbond substituents is 1. The molecule has 18 heavy (non-hydrogen) atoms. The lowest BCUT2D eigenvalue weighted by Crippen LogP contribution is -2.36. The molecule has 0 bridgehead atoms. The van der Waals surface area contributed by atoms with Crippen LogP contribution in [0.3, 0.4) is 0 Å². The molecule has 0 amide bonds. The van der Waals surface area contributed by atoms with Crippen LogP contribution in [0, 0.1) is 6.92 Å². The summed E-state index contributed by atoms with van der Waals surface area (Å²) in [7, 11) is 0. The molecule has 0 aliphatic heterocycles. The minimum Gasteiger partial charge on any atom is -0.507 e. The molecule has 1 aromatic carbocycles. The maximum atomic E-state index is 10.3. The third-order valence-corrected chi connectivity index (χ3v) is 3.50. The van der Waals surface area contributed by atoms with Crippen LogP contribution in [0.1, 0.15) is 50.8 Å². The molecule has 0 aliphatic rings. The van der Waals surface area contributed by atoms with Crippen molar-refractivity contribution in [2.75, 3.05) is 0 Å². The fourth-order valence-electron chi connectivity index (χ4n) is 2.28. The highest BCUT2D eigenvalue weighted by molar-refractivity contribution is 5.91. The Bertz CT molecular complexity index is 585. The van der Waals surface area contributed by atoms with Crippen molar-refractivity contribution in [3.63, 3.8) is 0 Å². The fourth-order valence-corrected chi connectivity index (χ4v) is 2.28. The number of hydrogen-bond donors (Lipinski definition) is 1. The molecule has 2 rings (SSSR count). The largest absolute Gasteiger partial charge is 0.507 e.